The minimum absolute atomic E-state index is 0.263. The molecule has 2 aromatic carbocycles. The second-order valence-corrected chi connectivity index (χ2v) is 5.27. The Labute approximate surface area is 144 Å². The van der Waals surface area contributed by atoms with Gasteiger partial charge in [0.05, 0.1) is 24.0 Å². The second kappa shape index (κ2) is 7.49. The number of anilines is 2. The van der Waals surface area contributed by atoms with Crippen molar-refractivity contribution >= 4 is 34.8 Å². The maximum absolute atomic E-state index is 12.1. The van der Waals surface area contributed by atoms with E-state index in [1.807, 2.05) is 6.07 Å². The molecule has 2 rings (SSSR count). The smallest absolute Gasteiger partial charge is 0.314 e. The van der Waals surface area contributed by atoms with Gasteiger partial charge in [0, 0.05) is 11.1 Å². The summed E-state index contributed by atoms with van der Waals surface area (Å²) in [6, 6.07) is 11.5. The number of nitriles is 1. The molecule has 0 aromatic heterocycles. The molecular formula is C17H14ClN3O3. The third kappa shape index (κ3) is 3.83. The Balaban J connectivity index is 2.17. The third-order valence-electron chi connectivity index (χ3n) is 3.23. The van der Waals surface area contributed by atoms with Gasteiger partial charge in [0.25, 0.3) is 0 Å². The van der Waals surface area contributed by atoms with Crippen LogP contribution in [0.1, 0.15) is 11.1 Å². The number of carbonyl (C=O) groups is 2. The highest BCUT2D eigenvalue weighted by molar-refractivity contribution is 6.44. The van der Waals surface area contributed by atoms with E-state index in [0.717, 1.165) is 5.56 Å². The van der Waals surface area contributed by atoms with Gasteiger partial charge in [-0.25, -0.2) is 0 Å². The van der Waals surface area contributed by atoms with Crippen molar-refractivity contribution in [1.29, 1.82) is 5.26 Å². The minimum Gasteiger partial charge on any atom is -0.495 e. The van der Waals surface area contributed by atoms with Crippen LogP contribution >= 0.6 is 11.6 Å². The fourth-order valence-electron chi connectivity index (χ4n) is 1.98. The summed E-state index contributed by atoms with van der Waals surface area (Å²) in [5.41, 5.74) is 1.58. The summed E-state index contributed by atoms with van der Waals surface area (Å²) in [6.45, 7) is 1.76. The highest BCUT2D eigenvalue weighted by Gasteiger charge is 2.18. The molecule has 0 spiro atoms. The first-order valence-electron chi connectivity index (χ1n) is 6.92. The van der Waals surface area contributed by atoms with E-state index in [2.05, 4.69) is 10.6 Å². The first-order chi connectivity index (χ1) is 11.5. The topological polar surface area (TPSA) is 91.2 Å². The quantitative estimate of drug-likeness (QED) is 0.838. The summed E-state index contributed by atoms with van der Waals surface area (Å²) >= 11 is 6.00. The van der Waals surface area contributed by atoms with Crippen LogP contribution in [0.15, 0.2) is 36.4 Å². The number of hydrogen-bond donors (Lipinski definition) is 2. The van der Waals surface area contributed by atoms with Crippen LogP contribution in [0.3, 0.4) is 0 Å². The zero-order chi connectivity index (χ0) is 17.7. The van der Waals surface area contributed by atoms with Crippen molar-refractivity contribution in [2.45, 2.75) is 6.92 Å². The number of rotatable bonds is 3. The molecule has 2 N–H and O–H groups in total. The lowest BCUT2D eigenvalue weighted by Gasteiger charge is -2.12. The number of hydrogen-bond acceptors (Lipinski definition) is 4. The fourth-order valence-corrected chi connectivity index (χ4v) is 2.13. The number of ether oxygens (including phenoxy) is 1. The monoisotopic (exact) mass is 343 g/mol. The molecule has 0 aliphatic rings. The standard InChI is InChI=1S/C17H14ClN3O3/c1-10-7-14(15(24-2)8-12(10)18)21-17(23)16(22)20-13-6-4-3-5-11(13)9-19/h3-8H,1-2H3,(H,20,22)(H,21,23). The number of carbonyl (C=O) groups excluding carboxylic acids is 2. The Bertz CT molecular complexity index is 843. The van der Waals surface area contributed by atoms with Gasteiger partial charge in [0.2, 0.25) is 0 Å². The van der Waals surface area contributed by atoms with Gasteiger partial charge in [0.1, 0.15) is 11.8 Å². The van der Waals surface area contributed by atoms with Crippen molar-refractivity contribution in [2.75, 3.05) is 17.7 Å². The Hall–Kier alpha value is -3.04. The average Bonchev–Trinajstić information content (AvgIpc) is 2.58. The summed E-state index contributed by atoms with van der Waals surface area (Å²) in [6.07, 6.45) is 0. The van der Waals surface area contributed by atoms with Crippen LogP contribution in [0, 0.1) is 18.3 Å². The molecule has 0 heterocycles. The molecule has 0 fully saturated rings. The van der Waals surface area contributed by atoms with Crippen molar-refractivity contribution in [2.24, 2.45) is 0 Å². The van der Waals surface area contributed by atoms with Crippen molar-refractivity contribution in [3.63, 3.8) is 0 Å². The summed E-state index contributed by atoms with van der Waals surface area (Å²) < 4.78 is 5.14. The van der Waals surface area contributed by atoms with E-state index in [1.54, 1.807) is 37.3 Å². The van der Waals surface area contributed by atoms with E-state index in [-0.39, 0.29) is 11.3 Å². The number of halogens is 1. The number of methoxy groups -OCH3 is 1. The lowest BCUT2D eigenvalue weighted by Crippen LogP contribution is -2.29. The van der Waals surface area contributed by atoms with Gasteiger partial charge < -0.3 is 15.4 Å². The maximum atomic E-state index is 12.1. The van der Waals surface area contributed by atoms with Crippen LogP contribution in [0.25, 0.3) is 0 Å². The zero-order valence-electron chi connectivity index (χ0n) is 13.0. The lowest BCUT2D eigenvalue weighted by molar-refractivity contribution is -0.133. The Morgan fingerprint density at radius 2 is 1.75 bits per heavy atom. The predicted molar refractivity (Wildman–Crippen MR) is 91.2 cm³/mol. The van der Waals surface area contributed by atoms with Crippen molar-refractivity contribution in [1.82, 2.24) is 0 Å². The minimum atomic E-state index is -0.896. The largest absolute Gasteiger partial charge is 0.495 e. The number of amides is 2. The average molecular weight is 344 g/mol. The second-order valence-electron chi connectivity index (χ2n) is 4.87. The van der Waals surface area contributed by atoms with Gasteiger partial charge in [-0.15, -0.1) is 0 Å². The fraction of sp³-hybridized carbons (Fsp3) is 0.118. The van der Waals surface area contributed by atoms with E-state index >= 15 is 0 Å². The van der Waals surface area contributed by atoms with E-state index in [4.69, 9.17) is 21.6 Å². The molecule has 7 heteroatoms. The van der Waals surface area contributed by atoms with Crippen LogP contribution in [-0.4, -0.2) is 18.9 Å². The molecular weight excluding hydrogens is 330 g/mol. The summed E-state index contributed by atoms with van der Waals surface area (Å²) in [7, 11) is 1.43. The molecule has 0 saturated heterocycles. The molecule has 0 atom stereocenters. The van der Waals surface area contributed by atoms with Gasteiger partial charge in [-0.1, -0.05) is 23.7 Å². The molecule has 6 nitrogen and oxygen atoms in total. The first-order valence-corrected chi connectivity index (χ1v) is 7.29. The lowest BCUT2D eigenvalue weighted by atomic mass is 10.2. The maximum Gasteiger partial charge on any atom is 0.314 e. The van der Waals surface area contributed by atoms with E-state index in [1.165, 1.54) is 13.2 Å². The van der Waals surface area contributed by atoms with Crippen molar-refractivity contribution < 1.29 is 14.3 Å². The molecule has 0 radical (unpaired) electrons. The van der Waals surface area contributed by atoms with Gasteiger partial charge in [0.15, 0.2) is 0 Å². The number of nitrogens with one attached hydrogen (secondary N) is 2. The van der Waals surface area contributed by atoms with Gasteiger partial charge in [-0.05, 0) is 30.7 Å². The summed E-state index contributed by atoms with van der Waals surface area (Å²) in [5.74, 6) is -1.45. The van der Waals surface area contributed by atoms with Crippen molar-refractivity contribution in [3.05, 3.63) is 52.5 Å². The Morgan fingerprint density at radius 1 is 1.12 bits per heavy atom. The van der Waals surface area contributed by atoms with Gasteiger partial charge in [-0.3, -0.25) is 9.59 Å². The first kappa shape index (κ1) is 17.3. The van der Waals surface area contributed by atoms with Crippen molar-refractivity contribution in [3.8, 4) is 11.8 Å². The van der Waals surface area contributed by atoms with Gasteiger partial charge >= 0.3 is 11.8 Å². The predicted octanol–water partition coefficient (Wildman–Crippen LogP) is 3.11. The number of nitrogens with zero attached hydrogens (tertiary/aromatic N) is 1. The number of para-hydroxylation sites is 1. The summed E-state index contributed by atoms with van der Waals surface area (Å²) in [5, 5.41) is 14.4. The Morgan fingerprint density at radius 3 is 2.38 bits per heavy atom. The van der Waals surface area contributed by atoms with Crippen LogP contribution in [0.2, 0.25) is 5.02 Å². The van der Waals surface area contributed by atoms with Crippen LogP contribution < -0.4 is 15.4 Å². The number of benzene rings is 2. The van der Waals surface area contributed by atoms with E-state index < -0.39 is 11.8 Å². The molecule has 0 aliphatic carbocycles. The number of aryl methyl sites for hydroxylation is 1. The summed E-state index contributed by atoms with van der Waals surface area (Å²) in [4.78, 5) is 24.1. The third-order valence-corrected chi connectivity index (χ3v) is 3.64. The van der Waals surface area contributed by atoms with E-state index in [0.29, 0.717) is 16.5 Å². The molecule has 0 unspecified atom stereocenters. The molecule has 24 heavy (non-hydrogen) atoms. The van der Waals surface area contributed by atoms with Crippen LogP contribution in [-0.2, 0) is 9.59 Å². The highest BCUT2D eigenvalue weighted by atomic mass is 35.5. The SMILES string of the molecule is COc1cc(Cl)c(C)cc1NC(=O)C(=O)Nc1ccccc1C#N. The molecule has 2 aromatic rings. The normalized spacial score (nSPS) is 9.75. The van der Waals surface area contributed by atoms with E-state index in [9.17, 15) is 9.59 Å². The van der Waals surface area contributed by atoms with Gasteiger partial charge in [-0.2, -0.15) is 5.26 Å². The molecule has 122 valence electrons. The molecule has 2 amide bonds. The molecule has 0 saturated carbocycles. The van der Waals surface area contributed by atoms with Crippen LogP contribution in [0.5, 0.6) is 5.75 Å². The molecule has 0 bridgehead atoms. The molecule has 0 aliphatic heterocycles. The highest BCUT2D eigenvalue weighted by Crippen LogP contribution is 2.30. The van der Waals surface area contributed by atoms with Crippen LogP contribution in [0.4, 0.5) is 11.4 Å². The zero-order valence-corrected chi connectivity index (χ0v) is 13.8. The Kier molecular flexibility index (Phi) is 5.40.